The average Bonchev–Trinajstić information content (AvgIpc) is 3.15. The highest BCUT2D eigenvalue weighted by molar-refractivity contribution is 7.16. The second kappa shape index (κ2) is 8.20. The summed E-state index contributed by atoms with van der Waals surface area (Å²) in [5.74, 6) is -0.973. The van der Waals surface area contributed by atoms with Crippen LogP contribution in [-0.4, -0.2) is 61.7 Å². The molecule has 1 aliphatic rings. The number of carbonyl (C=O) groups excluding carboxylic acids is 1. The summed E-state index contributed by atoms with van der Waals surface area (Å²) in [6.45, 7) is 3.32. The lowest BCUT2D eigenvalue weighted by Gasteiger charge is -2.19. The van der Waals surface area contributed by atoms with Crippen LogP contribution in [0.4, 0.5) is 5.95 Å². The lowest BCUT2D eigenvalue weighted by Crippen LogP contribution is -2.40. The van der Waals surface area contributed by atoms with E-state index in [0.717, 1.165) is 4.57 Å². The summed E-state index contributed by atoms with van der Waals surface area (Å²) in [5, 5.41) is 20.7. The van der Waals surface area contributed by atoms with Gasteiger partial charge in [0.15, 0.2) is 11.9 Å². The summed E-state index contributed by atoms with van der Waals surface area (Å²) in [4.78, 5) is 42.0. The molecular formula is C16H23N5O7S. The van der Waals surface area contributed by atoms with Crippen LogP contribution < -0.4 is 21.9 Å². The van der Waals surface area contributed by atoms with E-state index in [1.807, 2.05) is 6.92 Å². The van der Waals surface area contributed by atoms with Gasteiger partial charge in [-0.2, -0.15) is 4.98 Å². The van der Waals surface area contributed by atoms with Gasteiger partial charge in [-0.1, -0.05) is 31.6 Å². The summed E-state index contributed by atoms with van der Waals surface area (Å²) in [6, 6.07) is -0.832. The van der Waals surface area contributed by atoms with Gasteiger partial charge in [0.2, 0.25) is 5.95 Å². The van der Waals surface area contributed by atoms with E-state index in [0.29, 0.717) is 17.8 Å². The third-order valence-corrected chi connectivity index (χ3v) is 5.95. The van der Waals surface area contributed by atoms with Gasteiger partial charge in [-0.25, -0.2) is 0 Å². The van der Waals surface area contributed by atoms with Crippen LogP contribution in [0, 0.1) is 5.92 Å². The van der Waals surface area contributed by atoms with Crippen LogP contribution in [-0.2, 0) is 14.3 Å². The first-order valence-corrected chi connectivity index (χ1v) is 9.82. The lowest BCUT2D eigenvalue weighted by molar-refractivity contribution is -0.152. The number of hydrogen-bond donors (Lipinski definition) is 5. The minimum Gasteiger partial charge on any atom is -0.462 e. The van der Waals surface area contributed by atoms with Crippen molar-refractivity contribution in [2.45, 2.75) is 50.8 Å². The Labute approximate surface area is 168 Å². The fourth-order valence-electron chi connectivity index (χ4n) is 3.00. The fraction of sp³-hybridized carbons (Fsp3) is 0.625. The van der Waals surface area contributed by atoms with Crippen molar-refractivity contribution in [3.8, 4) is 0 Å². The molecule has 0 amide bonds. The number of hydrogen-bond acceptors (Lipinski definition) is 11. The minimum absolute atomic E-state index is 0.00361. The molecule has 160 valence electrons. The molecule has 3 heterocycles. The van der Waals surface area contributed by atoms with Crippen LogP contribution >= 0.6 is 11.3 Å². The second-order valence-electron chi connectivity index (χ2n) is 6.93. The molecule has 1 saturated heterocycles. The molecule has 13 heteroatoms. The minimum atomic E-state index is -1.53. The first-order chi connectivity index (χ1) is 13.6. The van der Waals surface area contributed by atoms with Crippen molar-refractivity contribution >= 4 is 33.6 Å². The largest absolute Gasteiger partial charge is 0.462 e. The number of aliphatic hydroxyl groups is 2. The number of nitrogens with two attached hydrogens (primary N) is 2. The molecule has 0 radical (unpaired) electrons. The van der Waals surface area contributed by atoms with Crippen molar-refractivity contribution in [2.24, 2.45) is 11.7 Å². The van der Waals surface area contributed by atoms with Crippen LogP contribution in [0.3, 0.4) is 0 Å². The molecule has 29 heavy (non-hydrogen) atoms. The topological polar surface area (TPSA) is 196 Å². The van der Waals surface area contributed by atoms with Crippen molar-refractivity contribution in [1.82, 2.24) is 14.5 Å². The summed E-state index contributed by atoms with van der Waals surface area (Å²) < 4.78 is 11.6. The monoisotopic (exact) mass is 429 g/mol. The van der Waals surface area contributed by atoms with Crippen molar-refractivity contribution in [3.05, 3.63) is 20.0 Å². The third kappa shape index (κ3) is 3.91. The maximum absolute atomic E-state index is 12.4. The normalized spacial score (nSPS) is 26.5. The Balaban J connectivity index is 1.81. The van der Waals surface area contributed by atoms with E-state index in [2.05, 4.69) is 9.97 Å². The fourth-order valence-corrected chi connectivity index (χ4v) is 3.84. The number of aromatic nitrogens is 3. The number of esters is 1. The van der Waals surface area contributed by atoms with Gasteiger partial charge < -0.3 is 31.2 Å². The number of nitrogens with one attached hydrogen (secondary N) is 1. The SMILES string of the molecule is CCC(C)C(N)C(=O)OCC1OC(n2c(=O)sc3c(=O)[nH]c(N)nc32)C(O)C1O. The predicted octanol–water partition coefficient (Wildman–Crippen LogP) is -1.74. The van der Waals surface area contributed by atoms with Crippen LogP contribution in [0.5, 0.6) is 0 Å². The molecule has 0 aliphatic carbocycles. The van der Waals surface area contributed by atoms with Gasteiger partial charge >= 0.3 is 10.8 Å². The number of aliphatic hydroxyl groups excluding tert-OH is 2. The Bertz CT molecular complexity index is 1020. The van der Waals surface area contributed by atoms with Gasteiger partial charge in [0.05, 0.1) is 0 Å². The zero-order valence-electron chi connectivity index (χ0n) is 15.8. The molecule has 7 N–H and O–H groups in total. The quantitative estimate of drug-likeness (QED) is 0.329. The van der Waals surface area contributed by atoms with Crippen molar-refractivity contribution < 1.29 is 24.5 Å². The summed E-state index contributed by atoms with van der Waals surface area (Å²) in [7, 11) is 0. The standard InChI is InChI=1S/C16H23N5O7S/c1-3-5(2)7(17)14(25)27-4-6-8(22)9(23)13(28-6)21-11-10(29-16(21)26)12(24)20-15(18)19-11/h5-9,13,22-23H,3-4,17H2,1-2H3,(H3,18,19,20,24). The average molecular weight is 429 g/mol. The van der Waals surface area contributed by atoms with Crippen molar-refractivity contribution in [3.63, 3.8) is 0 Å². The molecule has 0 spiro atoms. The van der Waals surface area contributed by atoms with E-state index in [9.17, 15) is 24.6 Å². The molecule has 12 nitrogen and oxygen atoms in total. The number of rotatable bonds is 6. The highest BCUT2D eigenvalue weighted by Crippen LogP contribution is 2.31. The lowest BCUT2D eigenvalue weighted by atomic mass is 10.0. The molecule has 6 unspecified atom stereocenters. The van der Waals surface area contributed by atoms with Gasteiger partial charge in [-0.05, 0) is 5.92 Å². The second-order valence-corrected chi connectivity index (χ2v) is 7.89. The van der Waals surface area contributed by atoms with Gasteiger partial charge in [-0.15, -0.1) is 0 Å². The number of nitrogens with zero attached hydrogens (tertiary/aromatic N) is 2. The van der Waals surface area contributed by atoms with Crippen LogP contribution in [0.15, 0.2) is 9.59 Å². The number of fused-ring (bicyclic) bond motifs is 1. The number of ether oxygens (including phenoxy) is 2. The predicted molar refractivity (Wildman–Crippen MR) is 103 cm³/mol. The van der Waals surface area contributed by atoms with E-state index in [1.54, 1.807) is 6.92 Å². The van der Waals surface area contributed by atoms with Crippen LogP contribution in [0.25, 0.3) is 10.3 Å². The van der Waals surface area contributed by atoms with Crippen molar-refractivity contribution in [1.29, 1.82) is 0 Å². The van der Waals surface area contributed by atoms with Gasteiger partial charge in [0.1, 0.15) is 35.7 Å². The van der Waals surface area contributed by atoms with Gasteiger partial charge in [-0.3, -0.25) is 23.9 Å². The van der Waals surface area contributed by atoms with Gasteiger partial charge in [0, 0.05) is 0 Å². The molecule has 0 aromatic carbocycles. The van der Waals surface area contributed by atoms with Crippen molar-refractivity contribution in [2.75, 3.05) is 12.3 Å². The third-order valence-electron chi connectivity index (χ3n) is 5.00. The number of H-pyrrole nitrogens is 1. The van der Waals surface area contributed by atoms with Crippen LogP contribution in [0.1, 0.15) is 26.5 Å². The Morgan fingerprint density at radius 2 is 2.10 bits per heavy atom. The molecule has 6 atom stereocenters. The maximum Gasteiger partial charge on any atom is 0.323 e. The highest BCUT2D eigenvalue weighted by Gasteiger charge is 2.46. The van der Waals surface area contributed by atoms with E-state index in [1.165, 1.54) is 0 Å². The van der Waals surface area contributed by atoms with E-state index >= 15 is 0 Å². The molecular weight excluding hydrogens is 406 g/mol. The molecule has 0 saturated carbocycles. The molecule has 2 aromatic rings. The number of aromatic amines is 1. The Morgan fingerprint density at radius 1 is 1.41 bits per heavy atom. The molecule has 2 aromatic heterocycles. The zero-order chi connectivity index (χ0) is 21.5. The summed E-state index contributed by atoms with van der Waals surface area (Å²) in [5.41, 5.74) is 10.7. The first kappa shape index (κ1) is 21.4. The molecule has 1 fully saturated rings. The molecule has 1 aliphatic heterocycles. The van der Waals surface area contributed by atoms with Gasteiger partial charge in [0.25, 0.3) is 5.56 Å². The number of nitrogen functional groups attached to an aromatic ring is 1. The zero-order valence-corrected chi connectivity index (χ0v) is 16.6. The Kier molecular flexibility index (Phi) is 6.05. The number of anilines is 1. The summed E-state index contributed by atoms with van der Waals surface area (Å²) in [6.07, 6.45) is -4.74. The van der Waals surface area contributed by atoms with E-state index < -0.39 is 47.0 Å². The Morgan fingerprint density at radius 3 is 2.76 bits per heavy atom. The highest BCUT2D eigenvalue weighted by atomic mass is 32.1. The first-order valence-electron chi connectivity index (χ1n) is 9.00. The summed E-state index contributed by atoms with van der Waals surface area (Å²) >= 11 is 0.604. The van der Waals surface area contributed by atoms with Crippen LogP contribution in [0.2, 0.25) is 0 Å². The number of thiazole rings is 1. The van der Waals surface area contributed by atoms with E-state index in [-0.39, 0.29) is 28.8 Å². The smallest absolute Gasteiger partial charge is 0.323 e. The number of carbonyl (C=O) groups is 1. The van der Waals surface area contributed by atoms with E-state index in [4.69, 9.17) is 20.9 Å². The maximum atomic E-state index is 12.4. The Hall–Kier alpha value is -2.32. The molecule has 3 rings (SSSR count). The molecule has 0 bridgehead atoms.